The van der Waals surface area contributed by atoms with Crippen LogP contribution in [0.2, 0.25) is 0 Å². The third-order valence-corrected chi connectivity index (χ3v) is 5.96. The highest BCUT2D eigenvalue weighted by molar-refractivity contribution is 6.02. The highest BCUT2D eigenvalue weighted by Crippen LogP contribution is 2.46. The molecule has 2 atom stereocenters. The summed E-state index contributed by atoms with van der Waals surface area (Å²) in [6.07, 6.45) is 3.99. The Hall–Kier alpha value is -2.82. The fourth-order valence-corrected chi connectivity index (χ4v) is 4.07. The summed E-state index contributed by atoms with van der Waals surface area (Å²) in [6.45, 7) is 10.2. The van der Waals surface area contributed by atoms with E-state index < -0.39 is 46.5 Å². The van der Waals surface area contributed by atoms with E-state index >= 15 is 0 Å². The Labute approximate surface area is 196 Å². The maximum atomic E-state index is 13.1. The van der Waals surface area contributed by atoms with Crippen LogP contribution in [0.15, 0.2) is 12.2 Å². The van der Waals surface area contributed by atoms with Gasteiger partial charge in [0.1, 0.15) is 0 Å². The van der Waals surface area contributed by atoms with Crippen LogP contribution in [0, 0.1) is 34.5 Å². The second kappa shape index (κ2) is 13.0. The largest absolute Gasteiger partial charge is 0.465 e. The van der Waals surface area contributed by atoms with Crippen molar-refractivity contribution in [2.45, 2.75) is 60.8 Å². The molecule has 8 nitrogen and oxygen atoms in total. The van der Waals surface area contributed by atoms with E-state index in [1.54, 1.807) is 46.8 Å². The first-order valence-corrected chi connectivity index (χ1v) is 11.5. The second-order valence-corrected chi connectivity index (χ2v) is 7.83. The number of carbonyl (C=O) groups excluding carboxylic acids is 4. The van der Waals surface area contributed by atoms with Gasteiger partial charge in [0.15, 0.2) is 10.8 Å². The SMILES string of the molecule is CC#CCC(C(=O)OCC)(C(=O)OCC)[C@H]1C=C[C@@H](C(C)(C(=O)OCC)C(=O)OCC)CC1. The molecule has 0 bridgehead atoms. The molecule has 0 aromatic rings. The molecule has 0 aliphatic heterocycles. The van der Waals surface area contributed by atoms with Crippen LogP contribution < -0.4 is 0 Å². The molecular weight excluding hydrogens is 428 g/mol. The molecule has 1 aliphatic carbocycles. The molecule has 0 unspecified atom stereocenters. The summed E-state index contributed by atoms with van der Waals surface area (Å²) >= 11 is 0. The lowest BCUT2D eigenvalue weighted by atomic mass is 9.64. The minimum atomic E-state index is -1.64. The van der Waals surface area contributed by atoms with Crippen LogP contribution in [0.4, 0.5) is 0 Å². The molecule has 184 valence electrons. The fraction of sp³-hybridized carbons (Fsp3) is 0.680. The van der Waals surface area contributed by atoms with E-state index in [-0.39, 0.29) is 32.8 Å². The van der Waals surface area contributed by atoms with Crippen LogP contribution >= 0.6 is 0 Å². The van der Waals surface area contributed by atoms with Crippen LogP contribution in [-0.4, -0.2) is 50.3 Å². The van der Waals surface area contributed by atoms with Crippen molar-refractivity contribution in [3.63, 3.8) is 0 Å². The van der Waals surface area contributed by atoms with Crippen molar-refractivity contribution in [1.82, 2.24) is 0 Å². The van der Waals surface area contributed by atoms with E-state index in [1.807, 2.05) is 0 Å². The third kappa shape index (κ3) is 5.95. The molecule has 8 heteroatoms. The highest BCUT2D eigenvalue weighted by Gasteiger charge is 2.56. The Morgan fingerprint density at radius 1 is 0.758 bits per heavy atom. The molecule has 1 rings (SSSR count). The van der Waals surface area contributed by atoms with E-state index in [4.69, 9.17) is 18.9 Å². The van der Waals surface area contributed by atoms with Gasteiger partial charge in [0.05, 0.1) is 26.4 Å². The standard InChI is InChI=1S/C25H36O8/c1-7-12-17-25(22(28)32-10-4,23(29)33-11-5)19-15-13-18(14-16-19)24(6,20(26)30-8-2)21(27)31-9-3/h13,15,18-19H,8-11,14,16-17H2,1-6H3/t18-,19+/m1/s1. The van der Waals surface area contributed by atoms with Crippen LogP contribution in [0.5, 0.6) is 0 Å². The van der Waals surface area contributed by atoms with E-state index in [2.05, 4.69) is 11.8 Å². The maximum Gasteiger partial charge on any atom is 0.325 e. The number of esters is 4. The van der Waals surface area contributed by atoms with Gasteiger partial charge in [-0.1, -0.05) is 12.2 Å². The van der Waals surface area contributed by atoms with Crippen LogP contribution in [0.25, 0.3) is 0 Å². The smallest absolute Gasteiger partial charge is 0.325 e. The molecule has 0 radical (unpaired) electrons. The van der Waals surface area contributed by atoms with Gasteiger partial charge in [-0.2, -0.15) is 0 Å². The van der Waals surface area contributed by atoms with Gasteiger partial charge in [0, 0.05) is 18.3 Å². The fourth-order valence-electron chi connectivity index (χ4n) is 4.07. The number of rotatable bonds is 11. The first-order chi connectivity index (χ1) is 15.7. The Kier molecular flexibility index (Phi) is 11.1. The summed E-state index contributed by atoms with van der Waals surface area (Å²) in [4.78, 5) is 51.7. The minimum Gasteiger partial charge on any atom is -0.465 e. The Balaban J connectivity index is 3.46. The van der Waals surface area contributed by atoms with Crippen molar-refractivity contribution in [3.8, 4) is 11.8 Å². The molecule has 0 spiro atoms. The van der Waals surface area contributed by atoms with Gasteiger partial charge in [0.2, 0.25) is 0 Å². The lowest BCUT2D eigenvalue weighted by molar-refractivity contribution is -0.178. The topological polar surface area (TPSA) is 105 Å². The van der Waals surface area contributed by atoms with Gasteiger partial charge in [-0.15, -0.1) is 11.8 Å². The van der Waals surface area contributed by atoms with Crippen molar-refractivity contribution in [3.05, 3.63) is 12.2 Å². The first kappa shape index (κ1) is 28.2. The quantitative estimate of drug-likeness (QED) is 0.151. The van der Waals surface area contributed by atoms with Gasteiger partial charge >= 0.3 is 23.9 Å². The molecule has 0 N–H and O–H groups in total. The predicted octanol–water partition coefficient (Wildman–Crippen LogP) is 3.23. The van der Waals surface area contributed by atoms with Crippen molar-refractivity contribution < 1.29 is 38.1 Å². The molecular formula is C25H36O8. The van der Waals surface area contributed by atoms with Crippen LogP contribution in [0.3, 0.4) is 0 Å². The normalized spacial score (nSPS) is 17.9. The number of allylic oxidation sites excluding steroid dienone is 2. The minimum absolute atomic E-state index is 0.0616. The van der Waals surface area contributed by atoms with Crippen LogP contribution in [0.1, 0.15) is 60.8 Å². The zero-order valence-electron chi connectivity index (χ0n) is 20.5. The summed E-state index contributed by atoms with van der Waals surface area (Å²) in [7, 11) is 0. The number of carbonyl (C=O) groups is 4. The summed E-state index contributed by atoms with van der Waals surface area (Å²) < 4.78 is 20.9. The molecule has 0 saturated heterocycles. The summed E-state index contributed by atoms with van der Waals surface area (Å²) in [5.41, 5.74) is -3.19. The lowest BCUT2D eigenvalue weighted by Crippen LogP contribution is -2.50. The molecule has 0 aromatic heterocycles. The summed E-state index contributed by atoms with van der Waals surface area (Å²) in [6, 6.07) is 0. The van der Waals surface area contributed by atoms with E-state index in [9.17, 15) is 19.2 Å². The van der Waals surface area contributed by atoms with Gasteiger partial charge in [-0.3, -0.25) is 19.2 Å². The highest BCUT2D eigenvalue weighted by atomic mass is 16.6. The Bertz CT molecular complexity index is 765. The van der Waals surface area contributed by atoms with Crippen molar-refractivity contribution >= 4 is 23.9 Å². The average molecular weight is 465 g/mol. The maximum absolute atomic E-state index is 13.1. The van der Waals surface area contributed by atoms with Crippen molar-refractivity contribution in [2.24, 2.45) is 22.7 Å². The van der Waals surface area contributed by atoms with Gasteiger partial charge in [0.25, 0.3) is 0 Å². The lowest BCUT2D eigenvalue weighted by Gasteiger charge is -2.39. The monoisotopic (exact) mass is 464 g/mol. The van der Waals surface area contributed by atoms with E-state index in [0.29, 0.717) is 12.8 Å². The van der Waals surface area contributed by atoms with Crippen molar-refractivity contribution in [2.75, 3.05) is 26.4 Å². The zero-order valence-corrected chi connectivity index (χ0v) is 20.5. The zero-order chi connectivity index (χ0) is 25.1. The van der Waals surface area contributed by atoms with Gasteiger partial charge in [-0.25, -0.2) is 0 Å². The molecule has 0 fully saturated rings. The Morgan fingerprint density at radius 3 is 1.52 bits per heavy atom. The molecule has 0 amide bonds. The number of ether oxygens (including phenoxy) is 4. The van der Waals surface area contributed by atoms with Crippen LogP contribution in [-0.2, 0) is 38.1 Å². The number of hydrogen-bond donors (Lipinski definition) is 0. The Morgan fingerprint density at radius 2 is 1.15 bits per heavy atom. The molecule has 0 heterocycles. The van der Waals surface area contributed by atoms with Crippen molar-refractivity contribution in [1.29, 1.82) is 0 Å². The summed E-state index contributed by atoms with van der Waals surface area (Å²) in [5.74, 6) is 1.73. The van der Waals surface area contributed by atoms with Gasteiger partial charge < -0.3 is 18.9 Å². The molecule has 0 saturated carbocycles. The predicted molar refractivity (Wildman–Crippen MR) is 120 cm³/mol. The van der Waals surface area contributed by atoms with Gasteiger partial charge in [-0.05, 0) is 54.4 Å². The first-order valence-electron chi connectivity index (χ1n) is 11.5. The molecule has 33 heavy (non-hydrogen) atoms. The third-order valence-electron chi connectivity index (χ3n) is 5.96. The second-order valence-electron chi connectivity index (χ2n) is 7.83. The number of hydrogen-bond acceptors (Lipinski definition) is 8. The van der Waals surface area contributed by atoms with E-state index in [1.165, 1.54) is 6.92 Å². The van der Waals surface area contributed by atoms with E-state index in [0.717, 1.165) is 0 Å². The molecule has 0 aromatic carbocycles. The average Bonchev–Trinajstić information content (AvgIpc) is 2.80. The summed E-state index contributed by atoms with van der Waals surface area (Å²) in [5, 5.41) is 0. The molecule has 1 aliphatic rings.